The number of nitrogens with zero attached hydrogens (tertiary/aromatic N) is 1. The fourth-order valence-electron chi connectivity index (χ4n) is 2.24. The third kappa shape index (κ3) is 3.07. The Kier molecular flexibility index (Phi) is 4.08. The Hall–Kier alpha value is -2.73. The number of rotatable bonds is 4. The predicted octanol–water partition coefficient (Wildman–Crippen LogP) is 3.49. The molecular weight excluding hydrogens is 318 g/mol. The molecule has 0 bridgehead atoms. The van der Waals surface area contributed by atoms with E-state index in [9.17, 15) is 4.79 Å². The van der Waals surface area contributed by atoms with Crippen molar-refractivity contribution < 1.29 is 14.3 Å². The minimum absolute atomic E-state index is 0.254. The highest BCUT2D eigenvalue weighted by molar-refractivity contribution is 6.29. The number of hydrogen-bond donors (Lipinski definition) is 2. The molecule has 0 aliphatic rings. The van der Waals surface area contributed by atoms with Crippen molar-refractivity contribution in [2.75, 3.05) is 19.5 Å². The number of fused-ring (bicyclic) bond motifs is 1. The van der Waals surface area contributed by atoms with Crippen molar-refractivity contribution in [1.29, 1.82) is 0 Å². The monoisotopic (exact) mass is 331 g/mol. The van der Waals surface area contributed by atoms with Crippen LogP contribution in [0.3, 0.4) is 0 Å². The van der Waals surface area contributed by atoms with Gasteiger partial charge in [-0.25, -0.2) is 4.98 Å². The van der Waals surface area contributed by atoms with E-state index in [1.54, 1.807) is 43.5 Å². The van der Waals surface area contributed by atoms with Crippen LogP contribution in [0.25, 0.3) is 11.0 Å². The smallest absolute Gasteiger partial charge is 0.255 e. The second kappa shape index (κ2) is 6.18. The molecule has 6 nitrogen and oxygen atoms in total. The lowest BCUT2D eigenvalue weighted by atomic mass is 10.1. The van der Waals surface area contributed by atoms with Gasteiger partial charge in [0.15, 0.2) is 11.5 Å². The van der Waals surface area contributed by atoms with Crippen molar-refractivity contribution in [3.05, 3.63) is 47.2 Å². The number of ether oxygens (including phenoxy) is 2. The molecule has 3 aromatic rings. The van der Waals surface area contributed by atoms with E-state index in [1.165, 1.54) is 7.11 Å². The highest BCUT2D eigenvalue weighted by Crippen LogP contribution is 2.28. The van der Waals surface area contributed by atoms with Crippen LogP contribution in [0.5, 0.6) is 11.5 Å². The van der Waals surface area contributed by atoms with E-state index in [2.05, 4.69) is 15.3 Å². The first kappa shape index (κ1) is 15.2. The lowest BCUT2D eigenvalue weighted by Gasteiger charge is -2.10. The molecular formula is C16H14ClN3O3. The third-order valence-electron chi connectivity index (χ3n) is 3.36. The Bertz CT molecular complexity index is 876. The normalized spacial score (nSPS) is 10.6. The zero-order valence-electron chi connectivity index (χ0n) is 12.5. The molecule has 0 unspecified atom stereocenters. The van der Waals surface area contributed by atoms with E-state index in [0.29, 0.717) is 28.0 Å². The molecule has 0 fully saturated rings. The van der Waals surface area contributed by atoms with E-state index < -0.39 is 0 Å². The van der Waals surface area contributed by atoms with Crippen LogP contribution >= 0.6 is 11.6 Å². The number of aromatic nitrogens is 2. The molecule has 1 amide bonds. The maximum Gasteiger partial charge on any atom is 0.255 e. The second-order valence-corrected chi connectivity index (χ2v) is 5.14. The minimum Gasteiger partial charge on any atom is -0.493 e. The summed E-state index contributed by atoms with van der Waals surface area (Å²) in [7, 11) is 3.07. The topological polar surface area (TPSA) is 76.2 Å². The average molecular weight is 332 g/mol. The molecule has 0 atom stereocenters. The van der Waals surface area contributed by atoms with Gasteiger partial charge in [0.2, 0.25) is 5.28 Å². The number of imidazole rings is 1. The molecule has 7 heteroatoms. The van der Waals surface area contributed by atoms with Crippen molar-refractivity contribution in [2.24, 2.45) is 0 Å². The van der Waals surface area contributed by atoms with E-state index in [1.807, 2.05) is 0 Å². The summed E-state index contributed by atoms with van der Waals surface area (Å²) >= 11 is 5.82. The zero-order valence-corrected chi connectivity index (χ0v) is 13.3. The average Bonchev–Trinajstić information content (AvgIpc) is 2.93. The molecule has 2 N–H and O–H groups in total. The second-order valence-electron chi connectivity index (χ2n) is 4.78. The summed E-state index contributed by atoms with van der Waals surface area (Å²) in [4.78, 5) is 19.4. The number of carbonyl (C=O) groups excluding carboxylic acids is 1. The fourth-order valence-corrected chi connectivity index (χ4v) is 2.43. The lowest BCUT2D eigenvalue weighted by molar-refractivity contribution is 0.102. The van der Waals surface area contributed by atoms with Gasteiger partial charge in [-0.1, -0.05) is 0 Å². The quantitative estimate of drug-likeness (QED) is 0.767. The molecule has 0 saturated heterocycles. The summed E-state index contributed by atoms with van der Waals surface area (Å²) in [6.07, 6.45) is 0. The number of hydrogen-bond acceptors (Lipinski definition) is 4. The molecule has 23 heavy (non-hydrogen) atoms. The Labute approximate surface area is 137 Å². The standard InChI is InChI=1S/C16H14ClN3O3/c1-22-13-6-3-9(7-14(13)23-2)15(21)18-10-4-5-11-12(8-10)20-16(17)19-11/h3-8H,1-2H3,(H,18,21)(H,19,20). The molecule has 3 rings (SSSR count). The van der Waals surface area contributed by atoms with Gasteiger partial charge < -0.3 is 19.8 Å². The van der Waals surface area contributed by atoms with Gasteiger partial charge in [-0.2, -0.15) is 0 Å². The highest BCUT2D eigenvalue weighted by Gasteiger charge is 2.11. The van der Waals surface area contributed by atoms with Crippen LogP contribution in [0.15, 0.2) is 36.4 Å². The first-order valence-electron chi connectivity index (χ1n) is 6.79. The summed E-state index contributed by atoms with van der Waals surface area (Å²) in [5.41, 5.74) is 2.59. The molecule has 0 spiro atoms. The van der Waals surface area contributed by atoms with Crippen LogP contribution in [-0.2, 0) is 0 Å². The van der Waals surface area contributed by atoms with E-state index >= 15 is 0 Å². The van der Waals surface area contributed by atoms with E-state index in [-0.39, 0.29) is 5.91 Å². The maximum absolute atomic E-state index is 12.4. The number of carbonyl (C=O) groups is 1. The fraction of sp³-hybridized carbons (Fsp3) is 0.125. The minimum atomic E-state index is -0.254. The number of benzene rings is 2. The summed E-state index contributed by atoms with van der Waals surface area (Å²) in [6, 6.07) is 10.3. The van der Waals surface area contributed by atoms with Crippen molar-refractivity contribution in [2.45, 2.75) is 0 Å². The molecule has 0 aliphatic heterocycles. The molecule has 2 aromatic carbocycles. The first-order valence-corrected chi connectivity index (χ1v) is 7.17. The summed E-state index contributed by atoms with van der Waals surface area (Å²) in [5.74, 6) is 0.810. The Morgan fingerprint density at radius 1 is 1.13 bits per heavy atom. The van der Waals surface area contributed by atoms with Gasteiger partial charge in [-0.3, -0.25) is 4.79 Å². The Balaban J connectivity index is 1.85. The van der Waals surface area contributed by atoms with Crippen LogP contribution in [0.1, 0.15) is 10.4 Å². The highest BCUT2D eigenvalue weighted by atomic mass is 35.5. The number of aromatic amines is 1. The van der Waals surface area contributed by atoms with Crippen molar-refractivity contribution >= 4 is 34.2 Å². The summed E-state index contributed by atoms with van der Waals surface area (Å²) < 4.78 is 10.4. The number of methoxy groups -OCH3 is 2. The van der Waals surface area contributed by atoms with Gasteiger partial charge in [0.05, 0.1) is 25.3 Å². The molecule has 0 aliphatic carbocycles. The van der Waals surface area contributed by atoms with E-state index in [0.717, 1.165) is 11.0 Å². The van der Waals surface area contributed by atoms with Gasteiger partial charge in [0.25, 0.3) is 5.91 Å². The van der Waals surface area contributed by atoms with Gasteiger partial charge in [-0.05, 0) is 48.0 Å². The number of nitrogens with one attached hydrogen (secondary N) is 2. The van der Waals surface area contributed by atoms with Crippen LogP contribution < -0.4 is 14.8 Å². The first-order chi connectivity index (χ1) is 11.1. The molecule has 0 radical (unpaired) electrons. The number of anilines is 1. The van der Waals surface area contributed by atoms with Crippen LogP contribution in [0, 0.1) is 0 Å². The Morgan fingerprint density at radius 2 is 1.91 bits per heavy atom. The predicted molar refractivity (Wildman–Crippen MR) is 88.6 cm³/mol. The number of H-pyrrole nitrogens is 1. The van der Waals surface area contributed by atoms with Gasteiger partial charge in [0, 0.05) is 11.3 Å². The summed E-state index contributed by atoms with van der Waals surface area (Å²) in [5, 5.41) is 3.13. The molecule has 0 saturated carbocycles. The lowest BCUT2D eigenvalue weighted by Crippen LogP contribution is -2.12. The van der Waals surface area contributed by atoms with Crippen LogP contribution in [0.4, 0.5) is 5.69 Å². The van der Waals surface area contributed by atoms with Crippen molar-refractivity contribution in [3.8, 4) is 11.5 Å². The third-order valence-corrected chi connectivity index (χ3v) is 3.54. The maximum atomic E-state index is 12.4. The van der Waals surface area contributed by atoms with Crippen molar-refractivity contribution in [3.63, 3.8) is 0 Å². The molecule has 1 heterocycles. The van der Waals surface area contributed by atoms with Crippen LogP contribution in [0.2, 0.25) is 5.28 Å². The number of amides is 1. The molecule has 1 aromatic heterocycles. The molecule has 118 valence electrons. The van der Waals surface area contributed by atoms with E-state index in [4.69, 9.17) is 21.1 Å². The van der Waals surface area contributed by atoms with Crippen molar-refractivity contribution in [1.82, 2.24) is 9.97 Å². The largest absolute Gasteiger partial charge is 0.493 e. The summed E-state index contributed by atoms with van der Waals surface area (Å²) in [6.45, 7) is 0. The number of halogens is 1. The zero-order chi connectivity index (χ0) is 16.4. The van der Waals surface area contributed by atoms with Crippen LogP contribution in [-0.4, -0.2) is 30.1 Å². The van der Waals surface area contributed by atoms with Gasteiger partial charge in [-0.15, -0.1) is 0 Å². The van der Waals surface area contributed by atoms with Gasteiger partial charge >= 0.3 is 0 Å². The SMILES string of the molecule is COc1ccc(C(=O)Nc2ccc3nc(Cl)[nH]c3c2)cc1OC. The Morgan fingerprint density at radius 3 is 2.65 bits per heavy atom. The van der Waals surface area contributed by atoms with Gasteiger partial charge in [0.1, 0.15) is 0 Å².